The molecule has 0 bridgehead atoms. The Morgan fingerprint density at radius 3 is 2.11 bits per heavy atom. The minimum atomic E-state index is -1.21. The minimum absolute atomic E-state index is 0. The van der Waals surface area contributed by atoms with Crippen LogP contribution in [0.3, 0.4) is 0 Å². The number of hydroxylamine groups is 1. The third kappa shape index (κ3) is 11.7. The highest BCUT2D eigenvalue weighted by molar-refractivity contribution is 5.91. The van der Waals surface area contributed by atoms with E-state index in [1.165, 1.54) is 0 Å². The van der Waals surface area contributed by atoms with Gasteiger partial charge in [-0.25, -0.2) is 5.48 Å². The molecule has 0 aliphatic carbocycles. The van der Waals surface area contributed by atoms with Crippen molar-refractivity contribution in [3.8, 4) is 0 Å². The monoisotopic (exact) mass is 525 g/mol. The third-order valence-electron chi connectivity index (χ3n) is 5.29. The predicted molar refractivity (Wildman–Crippen MR) is 140 cm³/mol. The van der Waals surface area contributed by atoms with Gasteiger partial charge >= 0.3 is 0 Å². The van der Waals surface area contributed by atoms with Crippen molar-refractivity contribution in [1.82, 2.24) is 15.9 Å². The first-order valence-electron chi connectivity index (χ1n) is 11.8. The topological polar surface area (TPSA) is 168 Å². The lowest BCUT2D eigenvalue weighted by Gasteiger charge is -2.31. The zero-order valence-electron chi connectivity index (χ0n) is 21.3. The Labute approximate surface area is 219 Å². The van der Waals surface area contributed by atoms with Crippen LogP contribution in [0.4, 0.5) is 0 Å². The van der Waals surface area contributed by atoms with Gasteiger partial charge in [0.25, 0.3) is 5.91 Å². The molecule has 4 amide bonds. The molecular weight excluding hydrogens is 486 g/mol. The lowest BCUT2D eigenvalue weighted by Crippen LogP contribution is -2.56. The van der Waals surface area contributed by atoms with Gasteiger partial charge < -0.3 is 11.5 Å². The molecule has 0 aliphatic rings. The first-order chi connectivity index (χ1) is 16.5. The molecule has 202 valence electrons. The third-order valence-corrected chi connectivity index (χ3v) is 5.29. The van der Waals surface area contributed by atoms with Gasteiger partial charge in [0.05, 0.1) is 24.3 Å². The molecule has 1 rings (SSSR count). The summed E-state index contributed by atoms with van der Waals surface area (Å²) in [5, 5.41) is 10.4. The maximum absolute atomic E-state index is 13.4. The normalized spacial score (nSPS) is 13.6. The van der Waals surface area contributed by atoms with Crippen LogP contribution < -0.4 is 22.4 Å². The number of hydrazine groups is 1. The summed E-state index contributed by atoms with van der Waals surface area (Å²) in [6.07, 6.45) is 3.76. The van der Waals surface area contributed by atoms with E-state index in [0.29, 0.717) is 6.42 Å². The highest BCUT2D eigenvalue weighted by atomic mass is 35.5. The van der Waals surface area contributed by atoms with Gasteiger partial charge in [-0.05, 0) is 30.2 Å². The zero-order chi connectivity index (χ0) is 26.5. The van der Waals surface area contributed by atoms with Gasteiger partial charge in [-0.15, -0.1) is 12.4 Å². The van der Waals surface area contributed by atoms with Crippen LogP contribution in [0, 0.1) is 23.7 Å². The Balaban J connectivity index is 0.0000122. The zero-order valence-corrected chi connectivity index (χ0v) is 22.2. The molecule has 0 unspecified atom stereocenters. The molecule has 0 aromatic heterocycles. The molecule has 0 fully saturated rings. The Hall–Kier alpha value is -2.95. The van der Waals surface area contributed by atoms with E-state index < -0.39 is 41.5 Å². The van der Waals surface area contributed by atoms with E-state index in [2.05, 4.69) is 5.43 Å². The van der Waals surface area contributed by atoms with E-state index in [1.54, 1.807) is 11.6 Å². The SMILES string of the molecule is CC(C)C[C@@H](C(=O)NN(CC(C)C)C(=O)[C@@H](N)CC(N)=O)[C@H](CC=Cc1ccccc1)C(=O)NO.Cl. The number of nitrogens with one attached hydrogen (secondary N) is 2. The lowest BCUT2D eigenvalue weighted by atomic mass is 9.82. The Morgan fingerprint density at radius 2 is 1.61 bits per heavy atom. The molecule has 0 saturated carbocycles. The molecule has 10 nitrogen and oxygen atoms in total. The van der Waals surface area contributed by atoms with Crippen molar-refractivity contribution in [2.24, 2.45) is 35.1 Å². The molecule has 0 aliphatic heterocycles. The molecule has 0 radical (unpaired) electrons. The summed E-state index contributed by atoms with van der Waals surface area (Å²) in [5.74, 6) is -4.35. The van der Waals surface area contributed by atoms with E-state index in [0.717, 1.165) is 10.6 Å². The average molecular weight is 526 g/mol. The van der Waals surface area contributed by atoms with Gasteiger partial charge in [-0.2, -0.15) is 0 Å². The van der Waals surface area contributed by atoms with Gasteiger partial charge in [0.1, 0.15) is 0 Å². The van der Waals surface area contributed by atoms with Crippen molar-refractivity contribution in [2.75, 3.05) is 6.54 Å². The van der Waals surface area contributed by atoms with Gasteiger partial charge in [-0.3, -0.25) is 34.8 Å². The Morgan fingerprint density at radius 1 is 1.00 bits per heavy atom. The highest BCUT2D eigenvalue weighted by Crippen LogP contribution is 2.25. The number of carbonyl (C=O) groups excluding carboxylic acids is 4. The molecule has 11 heteroatoms. The maximum Gasteiger partial charge on any atom is 0.258 e. The second kappa shape index (κ2) is 16.7. The first kappa shape index (κ1) is 33.0. The number of hydrogen-bond donors (Lipinski definition) is 5. The van der Waals surface area contributed by atoms with E-state index in [1.807, 2.05) is 64.1 Å². The van der Waals surface area contributed by atoms with Gasteiger partial charge in [-0.1, -0.05) is 70.2 Å². The maximum atomic E-state index is 13.4. The summed E-state index contributed by atoms with van der Waals surface area (Å²) in [6, 6.07) is 8.26. The number of rotatable bonds is 13. The summed E-state index contributed by atoms with van der Waals surface area (Å²) < 4.78 is 0. The van der Waals surface area contributed by atoms with Crippen LogP contribution in [0.1, 0.15) is 52.5 Å². The summed E-state index contributed by atoms with van der Waals surface area (Å²) in [7, 11) is 0. The van der Waals surface area contributed by atoms with Crippen LogP contribution in [-0.4, -0.2) is 46.4 Å². The number of halogens is 1. The van der Waals surface area contributed by atoms with Crippen molar-refractivity contribution in [3.63, 3.8) is 0 Å². The van der Waals surface area contributed by atoms with Crippen molar-refractivity contribution in [2.45, 2.75) is 53.0 Å². The van der Waals surface area contributed by atoms with Gasteiger partial charge in [0.15, 0.2) is 0 Å². The summed E-state index contributed by atoms with van der Waals surface area (Å²) in [4.78, 5) is 50.0. The molecule has 36 heavy (non-hydrogen) atoms. The fourth-order valence-corrected chi connectivity index (χ4v) is 3.69. The van der Waals surface area contributed by atoms with Crippen LogP contribution in [0.5, 0.6) is 0 Å². The molecule has 3 atom stereocenters. The van der Waals surface area contributed by atoms with E-state index in [9.17, 15) is 24.4 Å². The fourth-order valence-electron chi connectivity index (χ4n) is 3.69. The molecule has 0 heterocycles. The minimum Gasteiger partial charge on any atom is -0.370 e. The molecule has 7 N–H and O–H groups in total. The number of nitrogens with two attached hydrogens (primary N) is 2. The van der Waals surface area contributed by atoms with Crippen molar-refractivity contribution in [1.29, 1.82) is 0 Å². The summed E-state index contributed by atoms with van der Waals surface area (Å²) in [6.45, 7) is 7.68. The van der Waals surface area contributed by atoms with Crippen molar-refractivity contribution in [3.05, 3.63) is 42.0 Å². The fraction of sp³-hybridized carbons (Fsp3) is 0.520. The second-order valence-corrected chi connectivity index (χ2v) is 9.46. The van der Waals surface area contributed by atoms with E-state index in [-0.39, 0.29) is 43.6 Å². The highest BCUT2D eigenvalue weighted by Gasteiger charge is 2.35. The predicted octanol–water partition coefficient (Wildman–Crippen LogP) is 2.01. The largest absolute Gasteiger partial charge is 0.370 e. The molecule has 0 saturated heterocycles. The smallest absolute Gasteiger partial charge is 0.258 e. The van der Waals surface area contributed by atoms with Crippen molar-refractivity contribution >= 4 is 42.1 Å². The molecule has 0 spiro atoms. The Kier molecular flexibility index (Phi) is 15.3. The van der Waals surface area contributed by atoms with Crippen LogP contribution in [-0.2, 0) is 19.2 Å². The molecular formula is C25H40ClN5O5. The van der Waals surface area contributed by atoms with Gasteiger partial charge in [0.2, 0.25) is 17.7 Å². The standard InChI is InChI=1S/C25H39N5O5.ClH/c1-16(2)13-20(19(24(33)29-35)12-8-11-18-9-6-5-7-10-18)23(32)28-30(15-17(3)4)25(34)21(26)14-22(27)31;/h5-11,16-17,19-21,35H,12-15,26H2,1-4H3,(H2,27,31)(H,28,32)(H,29,33);1H/t19-,20+,21-;/m0./s1. The van der Waals surface area contributed by atoms with E-state index in [4.69, 9.17) is 11.5 Å². The summed E-state index contributed by atoms with van der Waals surface area (Å²) in [5.41, 5.74) is 16.2. The lowest BCUT2D eigenvalue weighted by molar-refractivity contribution is -0.148. The summed E-state index contributed by atoms with van der Waals surface area (Å²) >= 11 is 0. The number of amides is 4. The van der Waals surface area contributed by atoms with Crippen LogP contribution in [0.2, 0.25) is 0 Å². The van der Waals surface area contributed by atoms with Crippen LogP contribution in [0.15, 0.2) is 36.4 Å². The first-order valence-corrected chi connectivity index (χ1v) is 11.8. The Bertz CT molecular complexity index is 879. The second-order valence-electron chi connectivity index (χ2n) is 9.46. The van der Waals surface area contributed by atoms with Crippen LogP contribution in [0.25, 0.3) is 6.08 Å². The quantitative estimate of drug-likeness (QED) is 0.195. The average Bonchev–Trinajstić information content (AvgIpc) is 2.79. The number of primary amides is 1. The number of hydrogen-bond acceptors (Lipinski definition) is 6. The van der Waals surface area contributed by atoms with E-state index >= 15 is 0 Å². The number of benzene rings is 1. The van der Waals surface area contributed by atoms with Gasteiger partial charge in [0, 0.05) is 6.54 Å². The number of nitrogens with zero attached hydrogens (tertiary/aromatic N) is 1. The number of carbonyl (C=O) groups is 4. The van der Waals surface area contributed by atoms with Crippen molar-refractivity contribution < 1.29 is 24.4 Å². The number of allylic oxidation sites excluding steroid dienone is 1. The molecule has 1 aromatic rings. The molecule has 1 aromatic carbocycles. The van der Waals surface area contributed by atoms with Crippen LogP contribution >= 0.6 is 12.4 Å².